The van der Waals surface area contributed by atoms with Gasteiger partial charge in [0.15, 0.2) is 0 Å². The number of morpholine rings is 1. The Bertz CT molecular complexity index is 372. The Morgan fingerprint density at radius 2 is 2.50 bits per heavy atom. The van der Waals surface area contributed by atoms with Crippen LogP contribution in [0.4, 0.5) is 4.39 Å². The highest BCUT2D eigenvalue weighted by Crippen LogP contribution is 2.23. The van der Waals surface area contributed by atoms with E-state index in [2.05, 4.69) is 10.3 Å². The minimum atomic E-state index is -1.25. The summed E-state index contributed by atoms with van der Waals surface area (Å²) in [5, 5.41) is 3.29. The summed E-state index contributed by atoms with van der Waals surface area (Å²) in [6.45, 7) is 6.65. The zero-order valence-electron chi connectivity index (χ0n) is 11.2. The van der Waals surface area contributed by atoms with Crippen molar-refractivity contribution in [2.24, 2.45) is 0 Å². The lowest BCUT2D eigenvalue weighted by molar-refractivity contribution is 0.0476. The standard InChI is InChI=1S/C13H22FN3O/c1-3-17-6-4-16-12(17)9-13(2,14)8-11-10-18-7-5-15-11/h4,6,11,15H,3,5,7-10H2,1-2H3. The first-order valence-electron chi connectivity index (χ1n) is 6.61. The van der Waals surface area contributed by atoms with Crippen molar-refractivity contribution >= 4 is 0 Å². The Kier molecular flexibility index (Phi) is 4.35. The summed E-state index contributed by atoms with van der Waals surface area (Å²) < 4.78 is 22.0. The minimum absolute atomic E-state index is 0.110. The van der Waals surface area contributed by atoms with E-state index in [1.165, 1.54) is 0 Å². The average Bonchev–Trinajstić information content (AvgIpc) is 2.76. The smallest absolute Gasteiger partial charge is 0.116 e. The molecule has 0 aliphatic carbocycles. The molecule has 1 aliphatic rings. The largest absolute Gasteiger partial charge is 0.379 e. The van der Waals surface area contributed by atoms with E-state index in [0.29, 0.717) is 19.4 Å². The Balaban J connectivity index is 1.93. The Labute approximate surface area is 108 Å². The van der Waals surface area contributed by atoms with Crippen molar-refractivity contribution in [2.45, 2.75) is 44.9 Å². The van der Waals surface area contributed by atoms with Crippen LogP contribution in [-0.2, 0) is 17.7 Å². The third-order valence-corrected chi connectivity index (χ3v) is 3.34. The molecule has 18 heavy (non-hydrogen) atoms. The fourth-order valence-corrected chi connectivity index (χ4v) is 2.46. The summed E-state index contributed by atoms with van der Waals surface area (Å²) in [6, 6.07) is 0.110. The molecular formula is C13H22FN3O. The van der Waals surface area contributed by atoms with Crippen molar-refractivity contribution in [1.29, 1.82) is 0 Å². The number of nitrogens with one attached hydrogen (secondary N) is 1. The maximum atomic E-state index is 14.6. The number of aryl methyl sites for hydroxylation is 1. The summed E-state index contributed by atoms with van der Waals surface area (Å²) in [7, 11) is 0. The zero-order chi connectivity index (χ0) is 13.0. The van der Waals surface area contributed by atoms with Gasteiger partial charge in [-0.05, 0) is 20.3 Å². The predicted molar refractivity (Wildman–Crippen MR) is 68.3 cm³/mol. The fourth-order valence-electron chi connectivity index (χ4n) is 2.46. The van der Waals surface area contributed by atoms with Crippen LogP contribution >= 0.6 is 0 Å². The third kappa shape index (κ3) is 3.53. The Morgan fingerprint density at radius 1 is 1.67 bits per heavy atom. The van der Waals surface area contributed by atoms with Gasteiger partial charge in [-0.15, -0.1) is 0 Å². The van der Waals surface area contributed by atoms with Crippen LogP contribution in [0.1, 0.15) is 26.1 Å². The van der Waals surface area contributed by atoms with E-state index in [9.17, 15) is 4.39 Å². The number of hydrogen-bond acceptors (Lipinski definition) is 3. The molecule has 0 saturated carbocycles. The van der Waals surface area contributed by atoms with Crippen LogP contribution < -0.4 is 5.32 Å². The van der Waals surface area contributed by atoms with Crippen LogP contribution in [-0.4, -0.2) is 41.0 Å². The summed E-state index contributed by atoms with van der Waals surface area (Å²) in [6.07, 6.45) is 4.44. The van der Waals surface area contributed by atoms with Crippen LogP contribution in [0.5, 0.6) is 0 Å². The molecular weight excluding hydrogens is 233 g/mol. The van der Waals surface area contributed by atoms with Gasteiger partial charge in [-0.3, -0.25) is 0 Å². The molecule has 0 amide bonds. The third-order valence-electron chi connectivity index (χ3n) is 3.34. The summed E-state index contributed by atoms with van der Waals surface area (Å²) in [4.78, 5) is 4.24. The van der Waals surface area contributed by atoms with Gasteiger partial charge < -0.3 is 14.6 Å². The Morgan fingerprint density at radius 3 is 3.17 bits per heavy atom. The summed E-state index contributed by atoms with van der Waals surface area (Å²) in [5.41, 5.74) is -1.25. The number of hydrogen-bond donors (Lipinski definition) is 1. The number of aromatic nitrogens is 2. The molecule has 2 heterocycles. The maximum Gasteiger partial charge on any atom is 0.116 e. The zero-order valence-corrected chi connectivity index (χ0v) is 11.2. The highest BCUT2D eigenvalue weighted by atomic mass is 19.1. The van der Waals surface area contributed by atoms with Crippen LogP contribution in [0.2, 0.25) is 0 Å². The lowest BCUT2D eigenvalue weighted by atomic mass is 9.94. The molecule has 0 aromatic carbocycles. The lowest BCUT2D eigenvalue weighted by Gasteiger charge is -2.29. The van der Waals surface area contributed by atoms with E-state index in [1.807, 2.05) is 17.7 Å². The van der Waals surface area contributed by atoms with Gasteiger partial charge in [0.1, 0.15) is 11.5 Å². The molecule has 0 spiro atoms. The molecule has 2 rings (SSSR count). The van der Waals surface area contributed by atoms with Crippen LogP contribution in [0.15, 0.2) is 12.4 Å². The number of halogens is 1. The molecule has 0 radical (unpaired) electrons. The van der Waals surface area contributed by atoms with E-state index in [4.69, 9.17) is 4.74 Å². The summed E-state index contributed by atoms with van der Waals surface area (Å²) in [5.74, 6) is 0.819. The molecule has 1 aliphatic heterocycles. The van der Waals surface area contributed by atoms with Crippen molar-refractivity contribution in [3.8, 4) is 0 Å². The van der Waals surface area contributed by atoms with Crippen molar-refractivity contribution in [3.05, 3.63) is 18.2 Å². The van der Waals surface area contributed by atoms with E-state index in [1.54, 1.807) is 13.1 Å². The Hall–Kier alpha value is -0.940. The second-order valence-electron chi connectivity index (χ2n) is 5.15. The first-order chi connectivity index (χ1) is 8.61. The molecule has 2 atom stereocenters. The first kappa shape index (κ1) is 13.5. The van der Waals surface area contributed by atoms with Crippen molar-refractivity contribution in [3.63, 3.8) is 0 Å². The van der Waals surface area contributed by atoms with Gasteiger partial charge in [-0.1, -0.05) is 0 Å². The number of nitrogens with zero attached hydrogens (tertiary/aromatic N) is 2. The second kappa shape index (κ2) is 5.80. The van der Waals surface area contributed by atoms with E-state index >= 15 is 0 Å². The van der Waals surface area contributed by atoms with Gasteiger partial charge in [0.2, 0.25) is 0 Å². The van der Waals surface area contributed by atoms with Gasteiger partial charge in [0.05, 0.1) is 13.2 Å². The number of rotatable bonds is 5. The predicted octanol–water partition coefficient (Wildman–Crippen LogP) is 1.55. The molecule has 2 unspecified atom stereocenters. The molecule has 1 aromatic heterocycles. The molecule has 1 aromatic rings. The van der Waals surface area contributed by atoms with E-state index in [0.717, 1.165) is 25.5 Å². The lowest BCUT2D eigenvalue weighted by Crippen LogP contribution is -2.45. The molecule has 5 heteroatoms. The maximum absolute atomic E-state index is 14.6. The van der Waals surface area contributed by atoms with Gasteiger partial charge in [-0.2, -0.15) is 0 Å². The molecule has 0 bridgehead atoms. The number of ether oxygens (including phenoxy) is 1. The molecule has 1 N–H and O–H groups in total. The van der Waals surface area contributed by atoms with E-state index in [-0.39, 0.29) is 6.04 Å². The minimum Gasteiger partial charge on any atom is -0.379 e. The van der Waals surface area contributed by atoms with Gasteiger partial charge >= 0.3 is 0 Å². The highest BCUT2D eigenvalue weighted by molar-refractivity contribution is 4.99. The average molecular weight is 255 g/mol. The normalized spacial score (nSPS) is 23.8. The fraction of sp³-hybridized carbons (Fsp3) is 0.769. The molecule has 1 fully saturated rings. The van der Waals surface area contributed by atoms with Crippen molar-refractivity contribution < 1.29 is 9.13 Å². The monoisotopic (exact) mass is 255 g/mol. The number of alkyl halides is 1. The van der Waals surface area contributed by atoms with Crippen LogP contribution in [0, 0.1) is 0 Å². The van der Waals surface area contributed by atoms with Crippen molar-refractivity contribution in [1.82, 2.24) is 14.9 Å². The molecule has 4 nitrogen and oxygen atoms in total. The SMILES string of the molecule is CCn1ccnc1CC(C)(F)CC1COCCN1. The van der Waals surface area contributed by atoms with Crippen molar-refractivity contribution in [2.75, 3.05) is 19.8 Å². The van der Waals surface area contributed by atoms with Crippen LogP contribution in [0.25, 0.3) is 0 Å². The topological polar surface area (TPSA) is 39.1 Å². The quantitative estimate of drug-likeness (QED) is 0.867. The highest BCUT2D eigenvalue weighted by Gasteiger charge is 2.30. The van der Waals surface area contributed by atoms with E-state index < -0.39 is 5.67 Å². The molecule has 102 valence electrons. The van der Waals surface area contributed by atoms with Gasteiger partial charge in [0, 0.05) is 37.9 Å². The summed E-state index contributed by atoms with van der Waals surface area (Å²) >= 11 is 0. The van der Waals surface area contributed by atoms with Gasteiger partial charge in [-0.25, -0.2) is 9.37 Å². The molecule has 1 saturated heterocycles. The number of imidazole rings is 1. The van der Waals surface area contributed by atoms with Gasteiger partial charge in [0.25, 0.3) is 0 Å². The first-order valence-corrected chi connectivity index (χ1v) is 6.61. The van der Waals surface area contributed by atoms with Crippen LogP contribution in [0.3, 0.4) is 0 Å². The second-order valence-corrected chi connectivity index (χ2v) is 5.15.